The third kappa shape index (κ3) is 6.29. The van der Waals surface area contributed by atoms with Gasteiger partial charge in [-0.1, -0.05) is 96.1 Å². The summed E-state index contributed by atoms with van der Waals surface area (Å²) < 4.78 is 0. The second-order valence-corrected chi connectivity index (χ2v) is 8.72. The summed E-state index contributed by atoms with van der Waals surface area (Å²) in [5.41, 5.74) is 3.03. The molecule has 0 aliphatic heterocycles. The van der Waals surface area contributed by atoms with Crippen molar-refractivity contribution in [2.75, 3.05) is 0 Å². The molecule has 0 heteroatoms. The average Bonchev–Trinajstić information content (AvgIpc) is 2.84. The molecule has 2 rings (SSSR count). The Balaban J connectivity index is 2.12. The summed E-state index contributed by atoms with van der Waals surface area (Å²) >= 11 is 0. The smallest absolute Gasteiger partial charge is 0.0100 e. The third-order valence-electron chi connectivity index (χ3n) is 6.69. The standard InChI is InChI=1S/C26H42/c1-5-11-21(8-4)18-23-15-10-17-26(24(20-23)13-7-3)25-16-9-14-22(19-25)12-6-2/h6,9,14,16,19,21,23-24,26H,2,5,7-8,10-13,15,17-18,20H2,1,3-4H3/t21?,23-,24?,26?/m1/s1. The van der Waals surface area contributed by atoms with Gasteiger partial charge in [0.05, 0.1) is 0 Å². The molecule has 1 aromatic carbocycles. The zero-order valence-electron chi connectivity index (χ0n) is 17.7. The number of hydrogen-bond donors (Lipinski definition) is 0. The molecular weight excluding hydrogens is 312 g/mol. The Morgan fingerprint density at radius 2 is 2.00 bits per heavy atom. The number of allylic oxidation sites excluding steroid dienone is 1. The van der Waals surface area contributed by atoms with E-state index in [1.54, 1.807) is 5.56 Å². The summed E-state index contributed by atoms with van der Waals surface area (Å²) in [5, 5.41) is 0. The van der Waals surface area contributed by atoms with Gasteiger partial charge in [0.25, 0.3) is 0 Å². The van der Waals surface area contributed by atoms with Gasteiger partial charge < -0.3 is 0 Å². The van der Waals surface area contributed by atoms with E-state index in [0.717, 1.165) is 30.1 Å². The lowest BCUT2D eigenvalue weighted by Crippen LogP contribution is -2.16. The Morgan fingerprint density at radius 3 is 2.69 bits per heavy atom. The third-order valence-corrected chi connectivity index (χ3v) is 6.69. The highest BCUT2D eigenvalue weighted by Crippen LogP contribution is 2.43. The van der Waals surface area contributed by atoms with Crippen molar-refractivity contribution >= 4 is 0 Å². The maximum absolute atomic E-state index is 3.92. The molecule has 1 fully saturated rings. The van der Waals surface area contributed by atoms with Crippen LogP contribution in [0.4, 0.5) is 0 Å². The summed E-state index contributed by atoms with van der Waals surface area (Å²) in [6.45, 7) is 11.0. The number of rotatable bonds is 10. The van der Waals surface area contributed by atoms with Crippen LogP contribution in [0.5, 0.6) is 0 Å². The average molecular weight is 355 g/mol. The largest absolute Gasteiger partial charge is 0.103 e. The fourth-order valence-corrected chi connectivity index (χ4v) is 5.40. The monoisotopic (exact) mass is 354 g/mol. The van der Waals surface area contributed by atoms with Crippen molar-refractivity contribution in [3.8, 4) is 0 Å². The molecule has 0 saturated heterocycles. The van der Waals surface area contributed by atoms with Crippen LogP contribution in [0.25, 0.3) is 0 Å². The molecule has 1 aromatic rings. The molecule has 146 valence electrons. The first-order valence-corrected chi connectivity index (χ1v) is 11.4. The molecule has 0 radical (unpaired) electrons. The van der Waals surface area contributed by atoms with Crippen molar-refractivity contribution in [3.63, 3.8) is 0 Å². The van der Waals surface area contributed by atoms with Crippen LogP contribution < -0.4 is 0 Å². The highest BCUT2D eigenvalue weighted by atomic mass is 14.3. The second kappa shape index (κ2) is 11.6. The Labute approximate surface area is 163 Å². The fourth-order valence-electron chi connectivity index (χ4n) is 5.40. The molecule has 0 heterocycles. The summed E-state index contributed by atoms with van der Waals surface area (Å²) in [6, 6.07) is 9.40. The molecule has 0 N–H and O–H groups in total. The topological polar surface area (TPSA) is 0 Å². The van der Waals surface area contributed by atoms with Crippen LogP contribution in [-0.4, -0.2) is 0 Å². The summed E-state index contributed by atoms with van der Waals surface area (Å²) in [6.07, 6.45) is 17.1. The van der Waals surface area contributed by atoms with Crippen LogP contribution in [-0.2, 0) is 6.42 Å². The minimum absolute atomic E-state index is 0.774. The molecule has 0 amide bonds. The van der Waals surface area contributed by atoms with Gasteiger partial charge in [-0.25, -0.2) is 0 Å². The molecule has 1 aliphatic carbocycles. The van der Waals surface area contributed by atoms with Crippen LogP contribution in [0.3, 0.4) is 0 Å². The second-order valence-electron chi connectivity index (χ2n) is 8.72. The van der Waals surface area contributed by atoms with Crippen molar-refractivity contribution in [1.82, 2.24) is 0 Å². The van der Waals surface area contributed by atoms with Crippen molar-refractivity contribution < 1.29 is 0 Å². The lowest BCUT2D eigenvalue weighted by molar-refractivity contribution is 0.270. The molecule has 0 spiro atoms. The highest BCUT2D eigenvalue weighted by molar-refractivity contribution is 5.28. The first-order valence-electron chi connectivity index (χ1n) is 11.4. The first kappa shape index (κ1) is 21.3. The lowest BCUT2D eigenvalue weighted by atomic mass is 9.76. The SMILES string of the molecule is C=CCc1cccc(C2CCC[C@H](CC(CC)CCC)CC2CCC)c1. The summed E-state index contributed by atoms with van der Waals surface area (Å²) in [5.74, 6) is 3.57. The van der Waals surface area contributed by atoms with Crippen LogP contribution >= 0.6 is 0 Å². The van der Waals surface area contributed by atoms with E-state index < -0.39 is 0 Å². The van der Waals surface area contributed by atoms with Crippen LogP contribution in [0, 0.1) is 17.8 Å². The Hall–Kier alpha value is -1.04. The molecule has 0 nitrogen and oxygen atoms in total. The quantitative estimate of drug-likeness (QED) is 0.292. The van der Waals surface area contributed by atoms with E-state index in [1.807, 2.05) is 6.08 Å². The zero-order chi connectivity index (χ0) is 18.8. The van der Waals surface area contributed by atoms with E-state index in [0.29, 0.717) is 0 Å². The Morgan fingerprint density at radius 1 is 1.15 bits per heavy atom. The summed E-state index contributed by atoms with van der Waals surface area (Å²) in [4.78, 5) is 0. The van der Waals surface area contributed by atoms with E-state index in [-0.39, 0.29) is 0 Å². The molecule has 3 unspecified atom stereocenters. The van der Waals surface area contributed by atoms with Gasteiger partial charge in [-0.3, -0.25) is 0 Å². The Kier molecular flexibility index (Phi) is 9.51. The molecule has 26 heavy (non-hydrogen) atoms. The number of benzene rings is 1. The number of hydrogen-bond acceptors (Lipinski definition) is 0. The van der Waals surface area contributed by atoms with Crippen molar-refractivity contribution in [2.24, 2.45) is 17.8 Å². The van der Waals surface area contributed by atoms with Crippen LogP contribution in [0.2, 0.25) is 0 Å². The first-order chi connectivity index (χ1) is 12.7. The maximum Gasteiger partial charge on any atom is -0.0100 e. The fraction of sp³-hybridized carbons (Fsp3) is 0.692. The molecule has 0 bridgehead atoms. The highest BCUT2D eigenvalue weighted by Gasteiger charge is 2.29. The van der Waals surface area contributed by atoms with E-state index in [2.05, 4.69) is 51.6 Å². The van der Waals surface area contributed by atoms with Crippen molar-refractivity contribution in [3.05, 3.63) is 48.0 Å². The van der Waals surface area contributed by atoms with Crippen LogP contribution in [0.1, 0.15) is 102 Å². The lowest BCUT2D eigenvalue weighted by Gasteiger charge is -2.29. The maximum atomic E-state index is 3.92. The Bertz CT molecular complexity index is 515. The van der Waals surface area contributed by atoms with E-state index in [9.17, 15) is 0 Å². The predicted molar refractivity (Wildman–Crippen MR) is 117 cm³/mol. The summed E-state index contributed by atoms with van der Waals surface area (Å²) in [7, 11) is 0. The molecule has 0 aromatic heterocycles. The van der Waals surface area contributed by atoms with Gasteiger partial charge in [0.15, 0.2) is 0 Å². The van der Waals surface area contributed by atoms with Crippen LogP contribution in [0.15, 0.2) is 36.9 Å². The normalized spacial score (nSPS) is 24.8. The molecule has 1 saturated carbocycles. The zero-order valence-corrected chi connectivity index (χ0v) is 17.7. The minimum Gasteiger partial charge on any atom is -0.103 e. The van der Waals surface area contributed by atoms with Crippen molar-refractivity contribution in [2.45, 2.75) is 97.3 Å². The molecular formula is C26H42. The van der Waals surface area contributed by atoms with Gasteiger partial charge >= 0.3 is 0 Å². The minimum atomic E-state index is 0.774. The van der Waals surface area contributed by atoms with E-state index >= 15 is 0 Å². The van der Waals surface area contributed by atoms with E-state index in [4.69, 9.17) is 0 Å². The molecule has 1 aliphatic rings. The van der Waals surface area contributed by atoms with Gasteiger partial charge in [-0.2, -0.15) is 0 Å². The molecule has 4 atom stereocenters. The van der Waals surface area contributed by atoms with Gasteiger partial charge in [0, 0.05) is 0 Å². The van der Waals surface area contributed by atoms with Gasteiger partial charge in [0.1, 0.15) is 0 Å². The van der Waals surface area contributed by atoms with Gasteiger partial charge in [-0.15, -0.1) is 6.58 Å². The van der Waals surface area contributed by atoms with E-state index in [1.165, 1.54) is 69.8 Å². The van der Waals surface area contributed by atoms with Gasteiger partial charge in [0.2, 0.25) is 0 Å². The van der Waals surface area contributed by atoms with Crippen molar-refractivity contribution in [1.29, 1.82) is 0 Å². The van der Waals surface area contributed by atoms with Gasteiger partial charge in [-0.05, 0) is 60.5 Å². The predicted octanol–water partition coefficient (Wildman–Crippen LogP) is 8.32.